The van der Waals surface area contributed by atoms with Crippen LogP contribution >= 0.6 is 0 Å². The molecule has 0 radical (unpaired) electrons. The van der Waals surface area contributed by atoms with E-state index in [0.717, 1.165) is 26.1 Å². The molecule has 0 spiro atoms. The van der Waals surface area contributed by atoms with Crippen LogP contribution in [0.4, 0.5) is 0 Å². The molecular weight excluding hydrogens is 334 g/mol. The first-order valence-electron chi connectivity index (χ1n) is 9.08. The second-order valence-corrected chi connectivity index (χ2v) is 7.22. The van der Waals surface area contributed by atoms with E-state index in [-0.39, 0.29) is 18.0 Å². The fourth-order valence-electron chi connectivity index (χ4n) is 3.86. The first-order chi connectivity index (χ1) is 12.6. The molecule has 0 unspecified atom stereocenters. The molecule has 2 aromatic rings. The van der Waals surface area contributed by atoms with Gasteiger partial charge in [-0.3, -0.25) is 9.48 Å². The van der Waals surface area contributed by atoms with Gasteiger partial charge < -0.3 is 14.5 Å². The first-order valence-corrected chi connectivity index (χ1v) is 9.08. The van der Waals surface area contributed by atoms with Crippen LogP contribution < -0.4 is 0 Å². The van der Waals surface area contributed by atoms with Crippen molar-refractivity contribution in [3.8, 4) is 0 Å². The molecule has 2 atom stereocenters. The summed E-state index contributed by atoms with van der Waals surface area (Å²) in [5.74, 6) is -0.0229. The van der Waals surface area contributed by atoms with Crippen LogP contribution in [-0.4, -0.2) is 86.9 Å². The monoisotopic (exact) mass is 359 g/mol. The number of likely N-dealkylation sites (tertiary alicyclic amines) is 1. The van der Waals surface area contributed by atoms with Gasteiger partial charge in [-0.05, 0) is 33.0 Å². The van der Waals surface area contributed by atoms with E-state index in [1.807, 2.05) is 46.8 Å². The van der Waals surface area contributed by atoms with Crippen molar-refractivity contribution in [1.29, 1.82) is 0 Å². The molecule has 9 nitrogen and oxygen atoms in total. The molecule has 0 saturated carbocycles. The molecule has 2 aliphatic rings. The van der Waals surface area contributed by atoms with Gasteiger partial charge in [0.1, 0.15) is 5.69 Å². The summed E-state index contributed by atoms with van der Waals surface area (Å²) in [4.78, 5) is 17.0. The molecule has 2 saturated heterocycles. The molecule has 0 aliphatic carbocycles. The molecule has 0 aromatic carbocycles. The number of carbonyl (C=O) groups is 1. The normalized spacial score (nSPS) is 24.5. The highest BCUT2D eigenvalue weighted by Gasteiger charge is 2.39. The Hall–Kier alpha value is -2.26. The Morgan fingerprint density at radius 3 is 2.69 bits per heavy atom. The molecular formula is C17H25N7O2. The quantitative estimate of drug-likeness (QED) is 0.789. The van der Waals surface area contributed by atoms with Crippen LogP contribution in [0.25, 0.3) is 0 Å². The minimum Gasteiger partial charge on any atom is -0.381 e. The lowest BCUT2D eigenvalue weighted by Crippen LogP contribution is -2.37. The Balaban J connectivity index is 1.49. The van der Waals surface area contributed by atoms with Gasteiger partial charge in [0, 0.05) is 38.7 Å². The van der Waals surface area contributed by atoms with Crippen LogP contribution in [0.5, 0.6) is 0 Å². The number of ether oxygens (including phenoxy) is 1. The smallest absolute Gasteiger partial charge is 0.274 e. The summed E-state index contributed by atoms with van der Waals surface area (Å²) in [5, 5.41) is 12.6. The maximum Gasteiger partial charge on any atom is 0.274 e. The van der Waals surface area contributed by atoms with Gasteiger partial charge in [-0.15, -0.1) is 5.10 Å². The van der Waals surface area contributed by atoms with Crippen molar-refractivity contribution in [2.45, 2.75) is 31.0 Å². The number of hydrogen-bond acceptors (Lipinski definition) is 6. The fraction of sp³-hybridized carbons (Fsp3) is 0.647. The standard InChI is InChI=1S/C17H25N7O2/c1-21(2)15-11-22(12-16(15)24-8-6-18-20-24)17(25)14-3-7-23(19-14)13-4-9-26-10-5-13/h3,6-8,13,15-16H,4-5,9-12H2,1-2H3/t15-,16+/m1/s1. The Morgan fingerprint density at radius 2 is 2.00 bits per heavy atom. The molecule has 140 valence electrons. The Bertz CT molecular complexity index is 736. The third kappa shape index (κ3) is 3.24. The molecule has 9 heteroatoms. The average molecular weight is 359 g/mol. The molecule has 2 fully saturated rings. The maximum atomic E-state index is 13.0. The molecule has 4 heterocycles. The lowest BCUT2D eigenvalue weighted by Gasteiger charge is -2.24. The fourth-order valence-corrected chi connectivity index (χ4v) is 3.86. The van der Waals surface area contributed by atoms with Crippen LogP contribution in [0.15, 0.2) is 24.7 Å². The highest BCUT2D eigenvalue weighted by atomic mass is 16.5. The van der Waals surface area contributed by atoms with E-state index in [1.54, 1.807) is 6.20 Å². The van der Waals surface area contributed by atoms with Gasteiger partial charge in [0.25, 0.3) is 5.91 Å². The minimum atomic E-state index is -0.0229. The van der Waals surface area contributed by atoms with E-state index in [4.69, 9.17) is 4.74 Å². The van der Waals surface area contributed by atoms with Gasteiger partial charge in [0.05, 0.1) is 24.3 Å². The summed E-state index contributed by atoms with van der Waals surface area (Å²) in [6, 6.07) is 2.43. The molecule has 26 heavy (non-hydrogen) atoms. The van der Waals surface area contributed by atoms with E-state index in [9.17, 15) is 4.79 Å². The molecule has 0 bridgehead atoms. The average Bonchev–Trinajstić information content (AvgIpc) is 3.41. The summed E-state index contributed by atoms with van der Waals surface area (Å²) in [6.07, 6.45) is 7.32. The number of hydrogen-bond donors (Lipinski definition) is 0. The van der Waals surface area contributed by atoms with Gasteiger partial charge in [-0.1, -0.05) is 5.21 Å². The summed E-state index contributed by atoms with van der Waals surface area (Å²) < 4.78 is 9.17. The lowest BCUT2D eigenvalue weighted by molar-refractivity contribution is 0.0656. The Kier molecular flexibility index (Phi) is 4.73. The topological polar surface area (TPSA) is 81.3 Å². The third-order valence-corrected chi connectivity index (χ3v) is 5.38. The minimum absolute atomic E-state index is 0.0229. The van der Waals surface area contributed by atoms with Crippen molar-refractivity contribution in [3.63, 3.8) is 0 Å². The summed E-state index contributed by atoms with van der Waals surface area (Å²) in [6.45, 7) is 2.77. The predicted octanol–water partition coefficient (Wildman–Crippen LogP) is 0.453. The summed E-state index contributed by atoms with van der Waals surface area (Å²) in [5.41, 5.74) is 0.508. The lowest BCUT2D eigenvalue weighted by atomic mass is 10.1. The van der Waals surface area contributed by atoms with Crippen LogP contribution in [-0.2, 0) is 4.74 Å². The Labute approximate surface area is 152 Å². The number of nitrogens with zero attached hydrogens (tertiary/aromatic N) is 7. The zero-order chi connectivity index (χ0) is 18.1. The van der Waals surface area contributed by atoms with Crippen molar-refractivity contribution >= 4 is 5.91 Å². The van der Waals surface area contributed by atoms with Gasteiger partial charge in [-0.25, -0.2) is 4.68 Å². The van der Waals surface area contributed by atoms with Crippen LogP contribution in [0.3, 0.4) is 0 Å². The molecule has 2 aliphatic heterocycles. The van der Waals surface area contributed by atoms with Gasteiger partial charge in [-0.2, -0.15) is 5.10 Å². The molecule has 2 aromatic heterocycles. The first kappa shape index (κ1) is 17.2. The van der Waals surface area contributed by atoms with Gasteiger partial charge in [0.15, 0.2) is 0 Å². The van der Waals surface area contributed by atoms with Crippen LogP contribution in [0.2, 0.25) is 0 Å². The number of amides is 1. The van der Waals surface area contributed by atoms with Crippen LogP contribution in [0, 0.1) is 0 Å². The van der Waals surface area contributed by atoms with E-state index < -0.39 is 0 Å². The van der Waals surface area contributed by atoms with Crippen molar-refractivity contribution in [3.05, 3.63) is 30.4 Å². The van der Waals surface area contributed by atoms with Crippen molar-refractivity contribution in [2.24, 2.45) is 0 Å². The second kappa shape index (κ2) is 7.16. The number of aromatic nitrogens is 5. The zero-order valence-corrected chi connectivity index (χ0v) is 15.2. The van der Waals surface area contributed by atoms with Crippen molar-refractivity contribution in [1.82, 2.24) is 34.6 Å². The molecule has 4 rings (SSSR count). The van der Waals surface area contributed by atoms with E-state index in [0.29, 0.717) is 24.8 Å². The van der Waals surface area contributed by atoms with Crippen LogP contribution in [0.1, 0.15) is 35.4 Å². The van der Waals surface area contributed by atoms with E-state index in [1.165, 1.54) is 0 Å². The highest BCUT2D eigenvalue weighted by Crippen LogP contribution is 2.26. The number of rotatable bonds is 4. The predicted molar refractivity (Wildman–Crippen MR) is 93.8 cm³/mol. The van der Waals surface area contributed by atoms with E-state index in [2.05, 4.69) is 20.3 Å². The maximum absolute atomic E-state index is 13.0. The largest absolute Gasteiger partial charge is 0.381 e. The summed E-state index contributed by atoms with van der Waals surface area (Å²) in [7, 11) is 4.06. The molecule has 0 N–H and O–H groups in total. The van der Waals surface area contributed by atoms with Crippen molar-refractivity contribution < 1.29 is 9.53 Å². The highest BCUT2D eigenvalue weighted by molar-refractivity contribution is 5.92. The zero-order valence-electron chi connectivity index (χ0n) is 15.2. The summed E-state index contributed by atoms with van der Waals surface area (Å²) >= 11 is 0. The third-order valence-electron chi connectivity index (χ3n) is 5.38. The Morgan fingerprint density at radius 1 is 1.19 bits per heavy atom. The van der Waals surface area contributed by atoms with E-state index >= 15 is 0 Å². The van der Waals surface area contributed by atoms with Gasteiger partial charge in [0.2, 0.25) is 0 Å². The van der Waals surface area contributed by atoms with Crippen molar-refractivity contribution in [2.75, 3.05) is 40.4 Å². The number of likely N-dealkylation sites (N-methyl/N-ethyl adjacent to an activating group) is 1. The number of carbonyl (C=O) groups excluding carboxylic acids is 1. The SMILES string of the molecule is CN(C)[C@@H]1CN(C(=O)c2ccn(C3CCOCC3)n2)C[C@@H]1n1ccnn1. The molecule has 1 amide bonds. The second-order valence-electron chi connectivity index (χ2n) is 7.22. The van der Waals surface area contributed by atoms with Gasteiger partial charge >= 0.3 is 0 Å².